The van der Waals surface area contributed by atoms with E-state index in [0.717, 1.165) is 11.1 Å². The lowest BCUT2D eigenvalue weighted by molar-refractivity contribution is -0.144. The number of fused-ring (bicyclic) bond motifs is 2. The Kier molecular flexibility index (Phi) is 7.49. The Labute approximate surface area is 244 Å². The molecule has 2 saturated heterocycles. The van der Waals surface area contributed by atoms with Crippen molar-refractivity contribution >= 4 is 35.0 Å². The number of aliphatic hydroxyl groups excluding tert-OH is 1. The van der Waals surface area contributed by atoms with Crippen LogP contribution in [0.15, 0.2) is 72.8 Å². The van der Waals surface area contributed by atoms with Gasteiger partial charge in [0.25, 0.3) is 5.91 Å². The van der Waals surface area contributed by atoms with E-state index >= 15 is 0 Å². The number of rotatable bonds is 7. The molecular formula is C32H34ClN3O5. The van der Waals surface area contributed by atoms with Gasteiger partial charge in [-0.2, -0.15) is 0 Å². The molecule has 6 rings (SSSR count). The molecule has 0 aromatic heterocycles. The first-order chi connectivity index (χ1) is 19.9. The summed E-state index contributed by atoms with van der Waals surface area (Å²) in [7, 11) is 0. The molecule has 3 amide bonds. The monoisotopic (exact) mass is 575 g/mol. The summed E-state index contributed by atoms with van der Waals surface area (Å²) in [4.78, 5) is 48.0. The molecule has 5 atom stereocenters. The average Bonchev–Trinajstić information content (AvgIpc) is 3.27. The largest absolute Gasteiger partial charge is 0.396 e. The zero-order valence-corrected chi connectivity index (χ0v) is 23.7. The van der Waals surface area contributed by atoms with Gasteiger partial charge in [0.2, 0.25) is 11.8 Å². The zero-order chi connectivity index (χ0) is 28.7. The third kappa shape index (κ3) is 4.58. The summed E-state index contributed by atoms with van der Waals surface area (Å²) in [6.45, 7) is 3.24. The van der Waals surface area contributed by atoms with Crippen molar-refractivity contribution in [2.24, 2.45) is 11.8 Å². The number of aryl methyl sites for hydroxylation is 1. The molecule has 1 unspecified atom stereocenters. The van der Waals surface area contributed by atoms with E-state index < -0.39 is 29.6 Å². The molecule has 41 heavy (non-hydrogen) atoms. The van der Waals surface area contributed by atoms with E-state index in [1.165, 1.54) is 0 Å². The molecule has 0 aliphatic carbocycles. The fourth-order valence-corrected chi connectivity index (χ4v) is 7.26. The third-order valence-corrected chi connectivity index (χ3v) is 9.03. The summed E-state index contributed by atoms with van der Waals surface area (Å²) in [5.74, 6) is -2.33. The van der Waals surface area contributed by atoms with Crippen molar-refractivity contribution in [3.8, 4) is 0 Å². The predicted molar refractivity (Wildman–Crippen MR) is 155 cm³/mol. The lowest BCUT2D eigenvalue weighted by atomic mass is 9.77. The molecule has 0 radical (unpaired) electrons. The third-order valence-electron chi connectivity index (χ3n) is 8.72. The van der Waals surface area contributed by atoms with Gasteiger partial charge in [-0.05, 0) is 37.0 Å². The summed E-state index contributed by atoms with van der Waals surface area (Å²) >= 11 is 6.60. The van der Waals surface area contributed by atoms with Crippen LogP contribution in [0, 0.1) is 18.8 Å². The summed E-state index contributed by atoms with van der Waals surface area (Å²) in [6, 6.07) is 14.3. The number of likely N-dealkylation sites (tertiary alicyclic amines) is 1. The Morgan fingerprint density at radius 1 is 0.976 bits per heavy atom. The molecule has 0 saturated carbocycles. The molecule has 2 aromatic rings. The van der Waals surface area contributed by atoms with Crippen molar-refractivity contribution in [1.82, 2.24) is 9.80 Å². The first kappa shape index (κ1) is 27.7. The lowest BCUT2D eigenvalue weighted by Crippen LogP contribution is -2.55. The maximum Gasteiger partial charge on any atom is 0.253 e. The second-order valence-corrected chi connectivity index (χ2v) is 11.6. The van der Waals surface area contributed by atoms with Gasteiger partial charge >= 0.3 is 0 Å². The predicted octanol–water partition coefficient (Wildman–Crippen LogP) is 3.50. The standard InChI is InChI=1S/C32H34ClN3O5/c1-21-10-7-13-23(33)27(21)35-18-9-15-32-26(30(39)36(17-5-6-19-37)28(32)31(35)40)25-24(41-32)14-8-16-34(29(25)38)20-22-11-3-2-4-12-22/h2-4,7-15,24-26,28,37H,5-6,16-20H2,1H3/t24-,25+,26-,28?,32-/m0/s1. The van der Waals surface area contributed by atoms with E-state index in [-0.39, 0.29) is 37.4 Å². The SMILES string of the molecule is Cc1cccc(Cl)c1N1CC=C[C@]23O[C@H]4C=CCN(Cc5ccccc5)C(=O)[C@H]4[C@H]2C(=O)N(CCCCO)C3C1=O. The smallest absolute Gasteiger partial charge is 0.253 e. The van der Waals surface area contributed by atoms with Crippen LogP contribution < -0.4 is 4.90 Å². The minimum Gasteiger partial charge on any atom is -0.396 e. The highest BCUT2D eigenvalue weighted by Crippen LogP contribution is 2.54. The number of para-hydroxylation sites is 1. The molecule has 4 aliphatic rings. The molecule has 1 spiro atoms. The van der Waals surface area contributed by atoms with Crippen molar-refractivity contribution in [1.29, 1.82) is 0 Å². The van der Waals surface area contributed by atoms with Crippen LogP contribution in [0.1, 0.15) is 24.0 Å². The molecule has 4 aliphatic heterocycles. The average molecular weight is 576 g/mol. The number of hydrogen-bond acceptors (Lipinski definition) is 5. The van der Waals surface area contributed by atoms with E-state index in [0.29, 0.717) is 36.6 Å². The van der Waals surface area contributed by atoms with E-state index in [1.54, 1.807) is 20.8 Å². The molecule has 1 N–H and O–H groups in total. The van der Waals surface area contributed by atoms with E-state index in [9.17, 15) is 19.5 Å². The second-order valence-electron chi connectivity index (χ2n) is 11.2. The molecule has 4 heterocycles. The maximum absolute atomic E-state index is 14.5. The van der Waals surface area contributed by atoms with Gasteiger partial charge in [-0.3, -0.25) is 14.4 Å². The number of hydrogen-bond donors (Lipinski definition) is 1. The van der Waals surface area contributed by atoms with Crippen LogP contribution in [0.2, 0.25) is 5.02 Å². The van der Waals surface area contributed by atoms with E-state index in [1.807, 2.05) is 73.7 Å². The Morgan fingerprint density at radius 3 is 2.54 bits per heavy atom. The zero-order valence-electron chi connectivity index (χ0n) is 23.0. The number of benzene rings is 2. The highest BCUT2D eigenvalue weighted by molar-refractivity contribution is 6.34. The quantitative estimate of drug-likeness (QED) is 0.403. The summed E-state index contributed by atoms with van der Waals surface area (Å²) < 4.78 is 6.72. The normalized spacial score (nSPS) is 29.0. The molecule has 2 aromatic carbocycles. The van der Waals surface area contributed by atoms with Gasteiger partial charge in [-0.25, -0.2) is 0 Å². The van der Waals surface area contributed by atoms with Crippen molar-refractivity contribution in [3.05, 3.63) is 89.0 Å². The molecule has 9 heteroatoms. The van der Waals surface area contributed by atoms with Crippen LogP contribution in [0.25, 0.3) is 0 Å². The number of carbonyl (C=O) groups excluding carboxylic acids is 3. The summed E-state index contributed by atoms with van der Waals surface area (Å²) in [5, 5.41) is 9.88. The van der Waals surface area contributed by atoms with Gasteiger partial charge in [0.15, 0.2) is 0 Å². The first-order valence-corrected chi connectivity index (χ1v) is 14.6. The Balaban J connectivity index is 1.41. The van der Waals surface area contributed by atoms with Gasteiger partial charge in [-0.15, -0.1) is 0 Å². The molecular weight excluding hydrogens is 542 g/mol. The van der Waals surface area contributed by atoms with E-state index in [4.69, 9.17) is 16.3 Å². The number of nitrogens with zero attached hydrogens (tertiary/aromatic N) is 3. The number of amides is 3. The van der Waals surface area contributed by atoms with Gasteiger partial charge in [0, 0.05) is 32.8 Å². The highest BCUT2D eigenvalue weighted by Gasteiger charge is 2.71. The second kappa shape index (κ2) is 11.1. The lowest BCUT2D eigenvalue weighted by Gasteiger charge is -2.36. The fraction of sp³-hybridized carbons (Fsp3) is 0.406. The number of anilines is 1. The molecule has 214 valence electrons. The Bertz CT molecular complexity index is 1390. The van der Waals surface area contributed by atoms with Crippen molar-refractivity contribution < 1.29 is 24.2 Å². The number of unbranched alkanes of at least 4 members (excludes halogenated alkanes) is 1. The molecule has 0 bridgehead atoms. The van der Waals surface area contributed by atoms with Crippen LogP contribution in [0.4, 0.5) is 5.69 Å². The van der Waals surface area contributed by atoms with Gasteiger partial charge in [0.05, 0.1) is 28.6 Å². The van der Waals surface area contributed by atoms with Crippen LogP contribution in [-0.4, -0.2) is 76.6 Å². The van der Waals surface area contributed by atoms with Crippen LogP contribution in [0.3, 0.4) is 0 Å². The number of carbonyl (C=O) groups is 3. The number of ether oxygens (including phenoxy) is 1. The van der Waals surface area contributed by atoms with Crippen molar-refractivity contribution in [2.75, 3.05) is 31.1 Å². The minimum absolute atomic E-state index is 0.0149. The number of aliphatic hydroxyl groups is 1. The van der Waals surface area contributed by atoms with Crippen LogP contribution in [0.5, 0.6) is 0 Å². The van der Waals surface area contributed by atoms with Gasteiger partial charge < -0.3 is 24.5 Å². The van der Waals surface area contributed by atoms with Crippen molar-refractivity contribution in [2.45, 2.75) is 44.1 Å². The molecule has 8 nitrogen and oxygen atoms in total. The topological polar surface area (TPSA) is 90.4 Å². The van der Waals surface area contributed by atoms with Crippen LogP contribution >= 0.6 is 11.6 Å². The first-order valence-electron chi connectivity index (χ1n) is 14.2. The number of halogens is 1. The molecule has 2 fully saturated rings. The van der Waals surface area contributed by atoms with Crippen LogP contribution in [-0.2, 0) is 25.7 Å². The van der Waals surface area contributed by atoms with E-state index in [2.05, 4.69) is 0 Å². The fourth-order valence-electron chi connectivity index (χ4n) is 6.93. The van der Waals surface area contributed by atoms with Gasteiger partial charge in [-0.1, -0.05) is 78.4 Å². The summed E-state index contributed by atoms with van der Waals surface area (Å²) in [5.41, 5.74) is 1.14. The minimum atomic E-state index is -1.30. The van der Waals surface area contributed by atoms with Crippen molar-refractivity contribution in [3.63, 3.8) is 0 Å². The highest BCUT2D eigenvalue weighted by atomic mass is 35.5. The summed E-state index contributed by atoms with van der Waals surface area (Å²) in [6.07, 6.45) is 7.87. The Hall–Kier alpha value is -3.46. The Morgan fingerprint density at radius 2 is 1.78 bits per heavy atom. The van der Waals surface area contributed by atoms with Gasteiger partial charge in [0.1, 0.15) is 11.6 Å². The maximum atomic E-state index is 14.5.